The summed E-state index contributed by atoms with van der Waals surface area (Å²) in [6.45, 7) is 3.57. The molecule has 0 unspecified atom stereocenters. The van der Waals surface area contributed by atoms with Crippen molar-refractivity contribution < 1.29 is 4.79 Å². The summed E-state index contributed by atoms with van der Waals surface area (Å²) >= 11 is 0. The number of nitrogens with one attached hydrogen (secondary N) is 1. The van der Waals surface area contributed by atoms with Gasteiger partial charge in [-0.05, 0) is 31.9 Å². The summed E-state index contributed by atoms with van der Waals surface area (Å²) in [6.07, 6.45) is 3.73. The van der Waals surface area contributed by atoms with Crippen molar-refractivity contribution in [3.8, 4) is 0 Å². The first-order chi connectivity index (χ1) is 7.71. The molecule has 4 nitrogen and oxygen atoms in total. The van der Waals surface area contributed by atoms with Crippen LogP contribution in [0.15, 0.2) is 18.3 Å². The van der Waals surface area contributed by atoms with Crippen molar-refractivity contribution in [3.05, 3.63) is 24.0 Å². The lowest BCUT2D eigenvalue weighted by Gasteiger charge is -2.33. The van der Waals surface area contributed by atoms with Crippen LogP contribution >= 0.6 is 0 Å². The van der Waals surface area contributed by atoms with Crippen LogP contribution < -0.4 is 10.2 Å². The summed E-state index contributed by atoms with van der Waals surface area (Å²) in [7, 11) is 0. The van der Waals surface area contributed by atoms with Gasteiger partial charge in [-0.25, -0.2) is 0 Å². The minimum absolute atomic E-state index is 0.212. The van der Waals surface area contributed by atoms with Gasteiger partial charge in [0.15, 0.2) is 0 Å². The zero-order chi connectivity index (χ0) is 11.2. The minimum atomic E-state index is -0.233. The van der Waals surface area contributed by atoms with Crippen LogP contribution in [-0.2, 0) is 4.79 Å². The molecule has 2 fully saturated rings. The van der Waals surface area contributed by atoms with E-state index in [2.05, 4.69) is 10.3 Å². The van der Waals surface area contributed by atoms with Crippen LogP contribution in [0.1, 0.15) is 18.5 Å². The summed E-state index contributed by atoms with van der Waals surface area (Å²) in [6, 6.07) is 3.92. The van der Waals surface area contributed by atoms with E-state index in [0.717, 1.165) is 37.3 Å². The molecule has 1 N–H and O–H groups in total. The molecule has 2 heterocycles. The third-order valence-electron chi connectivity index (χ3n) is 3.41. The van der Waals surface area contributed by atoms with E-state index in [4.69, 9.17) is 0 Å². The fourth-order valence-electron chi connectivity index (χ4n) is 2.22. The number of hydrogen-bond donors (Lipinski definition) is 1. The van der Waals surface area contributed by atoms with Gasteiger partial charge in [0.1, 0.15) is 0 Å². The summed E-state index contributed by atoms with van der Waals surface area (Å²) in [5.41, 5.74) is 1.67. The maximum atomic E-state index is 12.2. The second-order valence-corrected chi connectivity index (χ2v) is 4.62. The van der Waals surface area contributed by atoms with Gasteiger partial charge in [-0.15, -0.1) is 0 Å². The van der Waals surface area contributed by atoms with Crippen molar-refractivity contribution in [2.75, 3.05) is 18.0 Å². The predicted molar refractivity (Wildman–Crippen MR) is 61.3 cm³/mol. The molecule has 4 heteroatoms. The molecule has 1 aromatic rings. The van der Waals surface area contributed by atoms with Crippen molar-refractivity contribution in [1.82, 2.24) is 10.3 Å². The number of hydrogen-bond acceptors (Lipinski definition) is 3. The minimum Gasteiger partial charge on any atom is -0.308 e. The average Bonchev–Trinajstić information content (AvgIpc) is 3.05. The van der Waals surface area contributed by atoms with E-state index in [1.165, 1.54) is 0 Å². The van der Waals surface area contributed by atoms with Gasteiger partial charge in [0.25, 0.3) is 0 Å². The zero-order valence-electron chi connectivity index (χ0n) is 9.36. The summed E-state index contributed by atoms with van der Waals surface area (Å²) in [4.78, 5) is 18.3. The first kappa shape index (κ1) is 9.78. The molecule has 1 aliphatic carbocycles. The van der Waals surface area contributed by atoms with Crippen molar-refractivity contribution in [2.24, 2.45) is 0 Å². The topological polar surface area (TPSA) is 45.2 Å². The second kappa shape index (κ2) is 3.28. The van der Waals surface area contributed by atoms with Crippen molar-refractivity contribution in [2.45, 2.75) is 25.3 Å². The number of piperazine rings is 1. The van der Waals surface area contributed by atoms with E-state index in [0.29, 0.717) is 0 Å². The maximum Gasteiger partial charge on any atom is 0.247 e. The number of carbonyl (C=O) groups is 1. The van der Waals surface area contributed by atoms with E-state index in [9.17, 15) is 4.79 Å². The van der Waals surface area contributed by atoms with Crippen LogP contribution in [0.4, 0.5) is 5.69 Å². The molecule has 2 aliphatic rings. The number of amides is 1. The largest absolute Gasteiger partial charge is 0.308 e. The smallest absolute Gasteiger partial charge is 0.247 e. The molecule has 1 saturated carbocycles. The van der Waals surface area contributed by atoms with Gasteiger partial charge in [0, 0.05) is 18.8 Å². The normalized spacial score (nSPS) is 22.6. The third kappa shape index (κ3) is 1.41. The van der Waals surface area contributed by atoms with Gasteiger partial charge in [0.05, 0.1) is 17.4 Å². The van der Waals surface area contributed by atoms with Gasteiger partial charge in [-0.2, -0.15) is 0 Å². The second-order valence-electron chi connectivity index (χ2n) is 4.62. The molecule has 3 rings (SSSR count). The van der Waals surface area contributed by atoms with Crippen molar-refractivity contribution >= 4 is 11.6 Å². The molecule has 1 spiro atoms. The van der Waals surface area contributed by atoms with Crippen LogP contribution in [0.2, 0.25) is 0 Å². The highest BCUT2D eigenvalue weighted by atomic mass is 16.2. The fraction of sp³-hybridized carbons (Fsp3) is 0.500. The highest BCUT2D eigenvalue weighted by Gasteiger charge is 2.53. The Kier molecular flexibility index (Phi) is 2.01. The fourth-order valence-corrected chi connectivity index (χ4v) is 2.22. The molecule has 1 aromatic heterocycles. The summed E-state index contributed by atoms with van der Waals surface area (Å²) < 4.78 is 0. The lowest BCUT2D eigenvalue weighted by Crippen LogP contribution is -2.57. The number of aryl methyl sites for hydroxylation is 1. The van der Waals surface area contributed by atoms with Gasteiger partial charge in [-0.3, -0.25) is 9.78 Å². The molecule has 0 radical (unpaired) electrons. The standard InChI is InChI=1S/C12H15N3O/c1-9-2-3-10(8-13-9)15-7-6-14-12(4-5-12)11(15)16/h2-3,8,14H,4-7H2,1H3. The number of anilines is 1. The SMILES string of the molecule is Cc1ccc(N2CCNC3(CC3)C2=O)cn1. The van der Waals surface area contributed by atoms with E-state index in [1.807, 2.05) is 24.0 Å². The molecule has 16 heavy (non-hydrogen) atoms. The van der Waals surface area contributed by atoms with Crippen LogP contribution in [-0.4, -0.2) is 29.5 Å². The van der Waals surface area contributed by atoms with Crippen LogP contribution in [0, 0.1) is 6.92 Å². The Morgan fingerprint density at radius 2 is 2.25 bits per heavy atom. The number of carbonyl (C=O) groups excluding carboxylic acids is 1. The molecule has 0 atom stereocenters. The van der Waals surface area contributed by atoms with Gasteiger partial charge in [-0.1, -0.05) is 0 Å². The Bertz CT molecular complexity index is 422. The summed E-state index contributed by atoms with van der Waals surface area (Å²) in [5.74, 6) is 0.212. The maximum absolute atomic E-state index is 12.2. The van der Waals surface area contributed by atoms with E-state index >= 15 is 0 Å². The number of rotatable bonds is 1. The average molecular weight is 217 g/mol. The quantitative estimate of drug-likeness (QED) is 0.759. The molecular weight excluding hydrogens is 202 g/mol. The van der Waals surface area contributed by atoms with E-state index in [1.54, 1.807) is 6.20 Å². The summed E-state index contributed by atoms with van der Waals surface area (Å²) in [5, 5.41) is 3.32. The molecule has 0 bridgehead atoms. The highest BCUT2D eigenvalue weighted by Crippen LogP contribution is 2.39. The predicted octanol–water partition coefficient (Wildman–Crippen LogP) is 0.859. The molecule has 1 amide bonds. The van der Waals surface area contributed by atoms with Gasteiger partial charge >= 0.3 is 0 Å². The monoisotopic (exact) mass is 217 g/mol. The van der Waals surface area contributed by atoms with E-state index < -0.39 is 0 Å². The number of aromatic nitrogens is 1. The van der Waals surface area contributed by atoms with Crippen molar-refractivity contribution in [1.29, 1.82) is 0 Å². The zero-order valence-corrected chi connectivity index (χ0v) is 9.36. The van der Waals surface area contributed by atoms with Gasteiger partial charge in [0.2, 0.25) is 5.91 Å². The molecule has 1 saturated heterocycles. The van der Waals surface area contributed by atoms with Crippen LogP contribution in [0.5, 0.6) is 0 Å². The number of pyridine rings is 1. The molecule has 1 aliphatic heterocycles. The Hall–Kier alpha value is -1.42. The van der Waals surface area contributed by atoms with Gasteiger partial charge < -0.3 is 10.2 Å². The molecular formula is C12H15N3O. The Morgan fingerprint density at radius 1 is 1.44 bits per heavy atom. The molecule has 84 valence electrons. The highest BCUT2D eigenvalue weighted by molar-refractivity contribution is 6.03. The number of nitrogens with zero attached hydrogens (tertiary/aromatic N) is 2. The first-order valence-electron chi connectivity index (χ1n) is 5.71. The van der Waals surface area contributed by atoms with Crippen molar-refractivity contribution in [3.63, 3.8) is 0 Å². The van der Waals surface area contributed by atoms with E-state index in [-0.39, 0.29) is 11.4 Å². The Balaban J connectivity index is 1.89. The van der Waals surface area contributed by atoms with Crippen LogP contribution in [0.3, 0.4) is 0 Å². The lowest BCUT2D eigenvalue weighted by molar-refractivity contribution is -0.122. The first-order valence-corrected chi connectivity index (χ1v) is 5.71. The lowest BCUT2D eigenvalue weighted by atomic mass is 10.1. The third-order valence-corrected chi connectivity index (χ3v) is 3.41. The Labute approximate surface area is 94.7 Å². The Morgan fingerprint density at radius 3 is 2.88 bits per heavy atom. The van der Waals surface area contributed by atoms with Crippen LogP contribution in [0.25, 0.3) is 0 Å². The molecule has 0 aromatic carbocycles.